The molecular weight excluding hydrogens is 486 g/mol. The first-order valence-electron chi connectivity index (χ1n) is 14.3. The summed E-state index contributed by atoms with van der Waals surface area (Å²) in [5, 5.41) is 10.6. The van der Waals surface area contributed by atoms with Crippen LogP contribution in [0.5, 0.6) is 0 Å². The molecule has 0 spiro atoms. The van der Waals surface area contributed by atoms with Gasteiger partial charge in [0, 0.05) is 10.9 Å². The molecule has 4 unspecified atom stereocenters. The molecule has 5 aliphatic rings. The average molecular weight is 537 g/mol. The molecule has 0 aliphatic heterocycles. The lowest BCUT2D eigenvalue weighted by molar-refractivity contribution is -0.240. The lowest BCUT2D eigenvalue weighted by Gasteiger charge is -2.73. The molecule has 0 saturated heterocycles. The first-order chi connectivity index (χ1) is 15.7. The SMILES string of the molecule is CC(C)[C@@H]1CCC2(C(=O)O)CC[C@]3(C)[C@H](CCC4[C@@]5(C)CC(Br)[C@H](N)C(C)(C)[C@@H]5CC[C@]43C)C12. The van der Waals surface area contributed by atoms with E-state index >= 15 is 0 Å². The largest absolute Gasteiger partial charge is 0.481 e. The number of fused-ring (bicyclic) bond motifs is 7. The van der Waals surface area contributed by atoms with E-state index in [1.165, 1.54) is 32.1 Å². The van der Waals surface area contributed by atoms with Crippen molar-refractivity contribution in [2.75, 3.05) is 0 Å². The van der Waals surface area contributed by atoms with Gasteiger partial charge in [-0.25, -0.2) is 0 Å². The summed E-state index contributed by atoms with van der Waals surface area (Å²) < 4.78 is 0. The summed E-state index contributed by atoms with van der Waals surface area (Å²) in [6.07, 6.45) is 10.2. The molecule has 3 nitrogen and oxygen atoms in total. The Morgan fingerprint density at radius 1 is 0.912 bits per heavy atom. The molecule has 0 amide bonds. The molecule has 5 saturated carbocycles. The van der Waals surface area contributed by atoms with E-state index < -0.39 is 11.4 Å². The molecular formula is C30H50BrNO2. The number of alkyl halides is 1. The molecule has 11 atom stereocenters. The molecule has 194 valence electrons. The smallest absolute Gasteiger partial charge is 0.309 e. The third kappa shape index (κ3) is 2.94. The van der Waals surface area contributed by atoms with Gasteiger partial charge in [-0.2, -0.15) is 0 Å². The summed E-state index contributed by atoms with van der Waals surface area (Å²) >= 11 is 4.04. The predicted molar refractivity (Wildman–Crippen MR) is 143 cm³/mol. The van der Waals surface area contributed by atoms with E-state index in [-0.39, 0.29) is 22.3 Å². The van der Waals surface area contributed by atoms with Crippen LogP contribution in [0.25, 0.3) is 0 Å². The highest BCUT2D eigenvalue weighted by Crippen LogP contribution is 2.77. The average Bonchev–Trinajstić information content (AvgIpc) is 3.14. The fraction of sp³-hybridized carbons (Fsp3) is 0.967. The summed E-state index contributed by atoms with van der Waals surface area (Å²) in [5.74, 6) is 2.91. The highest BCUT2D eigenvalue weighted by atomic mass is 79.9. The van der Waals surface area contributed by atoms with Crippen LogP contribution in [-0.2, 0) is 4.79 Å². The van der Waals surface area contributed by atoms with Crippen LogP contribution >= 0.6 is 15.9 Å². The Balaban J connectivity index is 1.57. The van der Waals surface area contributed by atoms with Crippen molar-refractivity contribution in [2.45, 2.75) is 117 Å². The summed E-state index contributed by atoms with van der Waals surface area (Å²) in [7, 11) is 0. The van der Waals surface area contributed by atoms with Gasteiger partial charge in [-0.3, -0.25) is 4.79 Å². The minimum Gasteiger partial charge on any atom is -0.481 e. The van der Waals surface area contributed by atoms with Gasteiger partial charge in [0.25, 0.3) is 0 Å². The minimum atomic E-state index is -0.490. The molecule has 4 heteroatoms. The Morgan fingerprint density at radius 2 is 1.59 bits per heavy atom. The van der Waals surface area contributed by atoms with Gasteiger partial charge in [0.1, 0.15) is 0 Å². The van der Waals surface area contributed by atoms with Gasteiger partial charge in [-0.15, -0.1) is 0 Å². The molecule has 0 aromatic carbocycles. The molecule has 34 heavy (non-hydrogen) atoms. The van der Waals surface area contributed by atoms with Gasteiger partial charge in [0.05, 0.1) is 5.41 Å². The van der Waals surface area contributed by atoms with Gasteiger partial charge in [-0.1, -0.05) is 64.4 Å². The van der Waals surface area contributed by atoms with Crippen LogP contribution < -0.4 is 5.73 Å². The van der Waals surface area contributed by atoms with Crippen molar-refractivity contribution in [3.05, 3.63) is 0 Å². The van der Waals surface area contributed by atoms with Crippen LogP contribution in [0.3, 0.4) is 0 Å². The maximum Gasteiger partial charge on any atom is 0.309 e. The maximum atomic E-state index is 12.8. The fourth-order valence-corrected chi connectivity index (χ4v) is 13.3. The van der Waals surface area contributed by atoms with E-state index in [0.29, 0.717) is 45.7 Å². The zero-order chi connectivity index (χ0) is 25.1. The van der Waals surface area contributed by atoms with Gasteiger partial charge < -0.3 is 10.8 Å². The van der Waals surface area contributed by atoms with Crippen LogP contribution in [0.1, 0.15) is 106 Å². The van der Waals surface area contributed by atoms with E-state index in [2.05, 4.69) is 64.4 Å². The second-order valence-electron chi connectivity index (χ2n) is 15.2. The van der Waals surface area contributed by atoms with Crippen molar-refractivity contribution in [3.8, 4) is 0 Å². The summed E-state index contributed by atoms with van der Waals surface area (Å²) in [6.45, 7) is 17.4. The van der Waals surface area contributed by atoms with Crippen molar-refractivity contribution in [3.63, 3.8) is 0 Å². The van der Waals surface area contributed by atoms with Crippen LogP contribution in [-0.4, -0.2) is 21.9 Å². The molecule has 3 N–H and O–H groups in total. The van der Waals surface area contributed by atoms with Crippen LogP contribution in [0.15, 0.2) is 0 Å². The summed E-state index contributed by atoms with van der Waals surface area (Å²) in [6, 6.07) is 0.206. The molecule has 0 aromatic rings. The summed E-state index contributed by atoms with van der Waals surface area (Å²) in [5.41, 5.74) is 7.27. The zero-order valence-corrected chi connectivity index (χ0v) is 24.4. The van der Waals surface area contributed by atoms with Crippen molar-refractivity contribution < 1.29 is 9.90 Å². The molecule has 0 heterocycles. The van der Waals surface area contributed by atoms with Gasteiger partial charge >= 0.3 is 5.97 Å². The first kappa shape index (κ1) is 25.6. The van der Waals surface area contributed by atoms with E-state index in [4.69, 9.17) is 5.73 Å². The van der Waals surface area contributed by atoms with Crippen molar-refractivity contribution in [2.24, 2.45) is 68.3 Å². The van der Waals surface area contributed by atoms with Crippen LogP contribution in [0.4, 0.5) is 0 Å². The third-order valence-electron chi connectivity index (χ3n) is 13.8. The quantitative estimate of drug-likeness (QED) is 0.359. The molecule has 0 aromatic heterocycles. The van der Waals surface area contributed by atoms with Crippen molar-refractivity contribution in [1.82, 2.24) is 0 Å². The molecule has 5 aliphatic carbocycles. The van der Waals surface area contributed by atoms with Gasteiger partial charge in [-0.05, 0) is 115 Å². The number of aliphatic carboxylic acids is 1. The molecule has 0 radical (unpaired) electrons. The number of halogens is 1. The number of rotatable bonds is 2. The van der Waals surface area contributed by atoms with E-state index in [1.54, 1.807) is 0 Å². The summed E-state index contributed by atoms with van der Waals surface area (Å²) in [4.78, 5) is 13.2. The topological polar surface area (TPSA) is 63.3 Å². The lowest BCUT2D eigenvalue weighted by Crippen LogP contribution is -2.69. The number of carboxylic acids is 1. The second-order valence-corrected chi connectivity index (χ2v) is 16.3. The van der Waals surface area contributed by atoms with Gasteiger partial charge in [0.2, 0.25) is 0 Å². The lowest BCUT2D eigenvalue weighted by atomic mass is 9.32. The molecule has 0 bridgehead atoms. The normalized spacial score (nSPS) is 56.2. The van der Waals surface area contributed by atoms with Crippen molar-refractivity contribution in [1.29, 1.82) is 0 Å². The van der Waals surface area contributed by atoms with Gasteiger partial charge in [0.15, 0.2) is 0 Å². The van der Waals surface area contributed by atoms with E-state index in [9.17, 15) is 9.90 Å². The van der Waals surface area contributed by atoms with Crippen LogP contribution in [0.2, 0.25) is 0 Å². The number of carboxylic acid groups (broad SMARTS) is 1. The predicted octanol–water partition coefficient (Wildman–Crippen LogP) is 7.51. The van der Waals surface area contributed by atoms with E-state index in [0.717, 1.165) is 25.7 Å². The Morgan fingerprint density at radius 3 is 2.21 bits per heavy atom. The number of carbonyl (C=O) groups is 1. The first-order valence-corrected chi connectivity index (χ1v) is 15.2. The zero-order valence-electron chi connectivity index (χ0n) is 22.8. The Kier molecular flexibility index (Phi) is 5.80. The van der Waals surface area contributed by atoms with Crippen molar-refractivity contribution >= 4 is 21.9 Å². The highest BCUT2D eigenvalue weighted by molar-refractivity contribution is 9.09. The maximum absolute atomic E-state index is 12.8. The standard InChI is InChI=1S/C30H50BrNO2/c1-17(2)18-10-13-30(25(33)34)15-14-28(6)19(23(18)30)8-9-22-27(5)16-20(31)24(32)26(3,4)21(27)11-12-29(22,28)7/h17-24H,8-16,32H2,1-7H3,(H,33,34)/t18-,19+,20?,21-,22?,23?,24-,27-,28+,29+,30?/m0/s1. The Labute approximate surface area is 216 Å². The molecule has 5 fully saturated rings. The van der Waals surface area contributed by atoms with E-state index in [1.807, 2.05) is 0 Å². The second kappa shape index (κ2) is 7.71. The number of hydrogen-bond acceptors (Lipinski definition) is 2. The Bertz CT molecular complexity index is 857. The minimum absolute atomic E-state index is 0.138. The molecule has 5 rings (SSSR count). The van der Waals surface area contributed by atoms with Crippen LogP contribution in [0, 0.1) is 62.6 Å². The Hall–Kier alpha value is -0.0900. The fourth-order valence-electron chi connectivity index (χ4n) is 11.9. The third-order valence-corrected chi connectivity index (χ3v) is 14.7. The highest BCUT2D eigenvalue weighted by Gasteiger charge is 2.72. The number of nitrogens with two attached hydrogens (primary N) is 1. The monoisotopic (exact) mass is 535 g/mol. The number of hydrogen-bond donors (Lipinski definition) is 2.